The number of hydrogen-bond donors (Lipinski definition) is 1. The Bertz CT molecular complexity index is 654. The molecule has 9 heteroatoms. The van der Waals surface area contributed by atoms with Crippen molar-refractivity contribution in [2.45, 2.75) is 39.1 Å². The van der Waals surface area contributed by atoms with Gasteiger partial charge in [-0.25, -0.2) is 0 Å². The molecular formula is C19H29F3IN3O2. The minimum Gasteiger partial charge on any atom is -0.491 e. The van der Waals surface area contributed by atoms with Gasteiger partial charge >= 0.3 is 6.18 Å². The highest BCUT2D eigenvalue weighted by Gasteiger charge is 2.34. The molecule has 0 spiro atoms. The first-order valence-corrected chi connectivity index (χ1v) is 9.06. The fourth-order valence-corrected chi connectivity index (χ4v) is 3.22. The van der Waals surface area contributed by atoms with Crippen molar-refractivity contribution >= 4 is 29.9 Å². The van der Waals surface area contributed by atoms with E-state index in [4.69, 9.17) is 9.47 Å². The number of nitrogens with zero attached hydrogens (tertiary/aromatic N) is 2. The molecule has 0 saturated carbocycles. The van der Waals surface area contributed by atoms with Crippen molar-refractivity contribution in [2.75, 3.05) is 33.9 Å². The normalized spacial score (nSPS) is 17.6. The summed E-state index contributed by atoms with van der Waals surface area (Å²) in [5.41, 5.74) is -0.533. The molecule has 28 heavy (non-hydrogen) atoms. The molecule has 160 valence electrons. The Kier molecular flexibility index (Phi) is 9.82. The van der Waals surface area contributed by atoms with Gasteiger partial charge in [0.2, 0.25) is 0 Å². The van der Waals surface area contributed by atoms with Crippen molar-refractivity contribution in [3.63, 3.8) is 0 Å². The van der Waals surface area contributed by atoms with Crippen LogP contribution in [-0.4, -0.2) is 50.8 Å². The Hall–Kier alpha value is -1.23. The van der Waals surface area contributed by atoms with Crippen LogP contribution in [0, 0.1) is 5.92 Å². The zero-order valence-electron chi connectivity index (χ0n) is 16.7. The summed E-state index contributed by atoms with van der Waals surface area (Å²) in [6.45, 7) is 5.85. The van der Waals surface area contributed by atoms with Gasteiger partial charge in [-0.1, -0.05) is 6.07 Å². The number of methoxy groups -OCH3 is 1. The number of hydrogen-bond acceptors (Lipinski definition) is 3. The molecule has 1 aliphatic rings. The highest BCUT2D eigenvalue weighted by atomic mass is 127. The van der Waals surface area contributed by atoms with Gasteiger partial charge in [-0.15, -0.1) is 24.0 Å². The molecule has 0 aromatic heterocycles. The largest absolute Gasteiger partial charge is 0.491 e. The van der Waals surface area contributed by atoms with Crippen LogP contribution in [0.25, 0.3) is 0 Å². The predicted molar refractivity (Wildman–Crippen MR) is 114 cm³/mol. The average Bonchev–Trinajstić information content (AvgIpc) is 3.04. The molecule has 0 aliphatic carbocycles. The van der Waals surface area contributed by atoms with Gasteiger partial charge in [0.05, 0.1) is 18.3 Å². The van der Waals surface area contributed by atoms with E-state index in [9.17, 15) is 13.2 Å². The molecule has 2 rings (SSSR count). The fraction of sp³-hybridized carbons (Fsp3) is 0.632. The van der Waals surface area contributed by atoms with Crippen LogP contribution in [0.15, 0.2) is 23.2 Å². The van der Waals surface area contributed by atoms with Gasteiger partial charge in [0, 0.05) is 39.7 Å². The Morgan fingerprint density at radius 3 is 2.64 bits per heavy atom. The summed E-state index contributed by atoms with van der Waals surface area (Å²) in [5.74, 6) is 1.23. The van der Waals surface area contributed by atoms with Crippen molar-refractivity contribution in [2.24, 2.45) is 10.9 Å². The summed E-state index contributed by atoms with van der Waals surface area (Å²) in [7, 11) is 3.30. The van der Waals surface area contributed by atoms with Gasteiger partial charge in [-0.05, 0) is 38.0 Å². The summed E-state index contributed by atoms with van der Waals surface area (Å²) in [6, 6.07) is 4.09. The second-order valence-electron chi connectivity index (χ2n) is 6.94. The van der Waals surface area contributed by atoms with Gasteiger partial charge in [0.15, 0.2) is 5.96 Å². The lowest BCUT2D eigenvalue weighted by Crippen LogP contribution is -2.40. The van der Waals surface area contributed by atoms with Crippen LogP contribution < -0.4 is 10.1 Å². The third-order valence-corrected chi connectivity index (χ3v) is 4.40. The number of aliphatic imine (C=N–C) groups is 1. The first-order valence-electron chi connectivity index (χ1n) is 9.06. The molecule has 1 heterocycles. The van der Waals surface area contributed by atoms with Gasteiger partial charge in [-0.2, -0.15) is 13.2 Å². The standard InChI is InChI=1S/C19H28F3N3O2.HI/c1-13(2)27-16-6-5-15(17(9-16)19(20,21)22)10-24-18(23-3)25-8-7-14(11-25)12-26-4;/h5-6,9,13-14H,7-8,10-12H2,1-4H3,(H,23,24);1H. The first kappa shape index (κ1) is 24.8. The lowest BCUT2D eigenvalue weighted by molar-refractivity contribution is -0.138. The van der Waals surface area contributed by atoms with Crippen molar-refractivity contribution in [1.82, 2.24) is 10.2 Å². The summed E-state index contributed by atoms with van der Waals surface area (Å²) in [4.78, 5) is 6.26. The van der Waals surface area contributed by atoms with E-state index in [1.165, 1.54) is 6.07 Å². The summed E-state index contributed by atoms with van der Waals surface area (Å²) < 4.78 is 51.0. The number of likely N-dealkylation sites (tertiary alicyclic amines) is 1. The maximum absolute atomic E-state index is 13.5. The summed E-state index contributed by atoms with van der Waals surface area (Å²) in [6.07, 6.45) is -3.67. The van der Waals surface area contributed by atoms with E-state index in [1.807, 2.05) is 4.90 Å². The van der Waals surface area contributed by atoms with E-state index in [0.717, 1.165) is 25.6 Å². The second kappa shape index (κ2) is 11.1. The molecule has 0 amide bonds. The fourth-order valence-electron chi connectivity index (χ4n) is 3.22. The highest BCUT2D eigenvalue weighted by Crippen LogP contribution is 2.34. The topological polar surface area (TPSA) is 46.1 Å². The molecule has 0 radical (unpaired) electrons. The van der Waals surface area contributed by atoms with Crippen LogP contribution in [0.4, 0.5) is 13.2 Å². The molecule has 1 aromatic carbocycles. The minimum absolute atomic E-state index is 0. The Labute approximate surface area is 181 Å². The zero-order valence-corrected chi connectivity index (χ0v) is 19.0. The number of halogens is 4. The molecule has 1 saturated heterocycles. The van der Waals surface area contributed by atoms with Gasteiger partial charge in [0.1, 0.15) is 5.75 Å². The summed E-state index contributed by atoms with van der Waals surface area (Å²) >= 11 is 0. The van der Waals surface area contributed by atoms with Crippen LogP contribution in [0.1, 0.15) is 31.4 Å². The smallest absolute Gasteiger partial charge is 0.416 e. The van der Waals surface area contributed by atoms with Gasteiger partial charge in [0.25, 0.3) is 0 Å². The van der Waals surface area contributed by atoms with E-state index < -0.39 is 11.7 Å². The number of alkyl halides is 3. The Morgan fingerprint density at radius 1 is 1.36 bits per heavy atom. The quantitative estimate of drug-likeness (QED) is 0.352. The first-order chi connectivity index (χ1) is 12.7. The molecule has 1 unspecified atom stereocenters. The third kappa shape index (κ3) is 6.98. The van der Waals surface area contributed by atoms with E-state index in [2.05, 4.69) is 10.3 Å². The van der Waals surface area contributed by atoms with Crippen LogP contribution in [-0.2, 0) is 17.5 Å². The van der Waals surface area contributed by atoms with E-state index in [1.54, 1.807) is 34.1 Å². The van der Waals surface area contributed by atoms with Crippen LogP contribution >= 0.6 is 24.0 Å². The van der Waals surface area contributed by atoms with Gasteiger partial charge < -0.3 is 19.7 Å². The summed E-state index contributed by atoms with van der Waals surface area (Å²) in [5, 5.41) is 3.06. The van der Waals surface area contributed by atoms with Crippen molar-refractivity contribution in [1.29, 1.82) is 0 Å². The van der Waals surface area contributed by atoms with E-state index >= 15 is 0 Å². The second-order valence-corrected chi connectivity index (χ2v) is 6.94. The average molecular weight is 515 g/mol. The van der Waals surface area contributed by atoms with E-state index in [0.29, 0.717) is 18.5 Å². The third-order valence-electron chi connectivity index (χ3n) is 4.40. The van der Waals surface area contributed by atoms with E-state index in [-0.39, 0.29) is 47.9 Å². The predicted octanol–water partition coefficient (Wildman–Crippen LogP) is 4.15. The molecule has 0 bridgehead atoms. The minimum atomic E-state index is -4.45. The Morgan fingerprint density at radius 2 is 2.07 bits per heavy atom. The monoisotopic (exact) mass is 515 g/mol. The maximum Gasteiger partial charge on any atom is 0.416 e. The van der Waals surface area contributed by atoms with Crippen LogP contribution in [0.3, 0.4) is 0 Å². The number of nitrogens with one attached hydrogen (secondary N) is 1. The lowest BCUT2D eigenvalue weighted by atomic mass is 10.1. The SMILES string of the molecule is CN=C(NCc1ccc(OC(C)C)cc1C(F)(F)F)N1CCC(COC)C1.I. The highest BCUT2D eigenvalue weighted by molar-refractivity contribution is 14.0. The maximum atomic E-state index is 13.5. The molecule has 1 aliphatic heterocycles. The number of rotatable bonds is 6. The number of benzene rings is 1. The molecule has 1 fully saturated rings. The molecule has 1 aromatic rings. The molecule has 1 N–H and O–H groups in total. The van der Waals surface area contributed by atoms with Crippen LogP contribution in [0.2, 0.25) is 0 Å². The number of guanidine groups is 1. The Balaban J connectivity index is 0.00000392. The molecular weight excluding hydrogens is 486 g/mol. The van der Waals surface area contributed by atoms with Crippen molar-refractivity contribution in [3.8, 4) is 5.75 Å². The zero-order chi connectivity index (χ0) is 20.0. The van der Waals surface area contributed by atoms with Crippen molar-refractivity contribution in [3.05, 3.63) is 29.3 Å². The van der Waals surface area contributed by atoms with Crippen LogP contribution in [0.5, 0.6) is 5.75 Å². The lowest BCUT2D eigenvalue weighted by Gasteiger charge is -2.23. The van der Waals surface area contributed by atoms with Crippen molar-refractivity contribution < 1.29 is 22.6 Å². The molecule has 5 nitrogen and oxygen atoms in total. The van der Waals surface area contributed by atoms with Gasteiger partial charge in [-0.3, -0.25) is 4.99 Å². The molecule has 1 atom stereocenters. The number of ether oxygens (including phenoxy) is 2.